The number of benzene rings is 1. The smallest absolute Gasteiger partial charge is 0.271 e. The zero-order valence-electron chi connectivity index (χ0n) is 15.0. The second-order valence-electron chi connectivity index (χ2n) is 6.21. The van der Waals surface area contributed by atoms with Crippen molar-refractivity contribution >= 4 is 5.91 Å². The molecule has 0 spiro atoms. The van der Waals surface area contributed by atoms with Crippen LogP contribution >= 0.6 is 0 Å². The second kappa shape index (κ2) is 7.20. The molecule has 1 unspecified atom stereocenters. The summed E-state index contributed by atoms with van der Waals surface area (Å²) in [5.41, 5.74) is 2.11. The molecule has 9 nitrogen and oxygen atoms in total. The van der Waals surface area contributed by atoms with Crippen LogP contribution in [-0.2, 0) is 17.8 Å². The number of methoxy groups -OCH3 is 2. The standard InChI is InChI=1S/C18H19N5O4/c1-25-9-14-21-17(23-27-14)16-20-12-7-10(8-19-18(24)15(12)22-16)11-5-3-4-6-13(11)26-2/h3-6,10H,7-9H2,1-2H3,(H,19,24)(H,20,22). The minimum absolute atomic E-state index is 0.0500. The maximum absolute atomic E-state index is 12.5. The van der Waals surface area contributed by atoms with Gasteiger partial charge in [0.25, 0.3) is 11.8 Å². The average Bonchev–Trinajstić information content (AvgIpc) is 3.29. The summed E-state index contributed by atoms with van der Waals surface area (Å²) in [7, 11) is 3.18. The number of aromatic amines is 1. The SMILES string of the molecule is COCc1nc(-c2nc3c([nH]2)CC(c2ccccc2OC)CNC3=O)no1. The molecule has 0 fully saturated rings. The quantitative estimate of drug-likeness (QED) is 0.703. The molecule has 2 N–H and O–H groups in total. The van der Waals surface area contributed by atoms with Gasteiger partial charge in [-0.2, -0.15) is 4.98 Å². The number of hydrogen-bond donors (Lipinski definition) is 2. The van der Waals surface area contributed by atoms with Gasteiger partial charge in [0, 0.05) is 25.3 Å². The molecule has 1 aliphatic rings. The van der Waals surface area contributed by atoms with Crippen molar-refractivity contribution in [1.29, 1.82) is 0 Å². The first-order valence-electron chi connectivity index (χ1n) is 8.51. The monoisotopic (exact) mass is 369 g/mol. The van der Waals surface area contributed by atoms with E-state index in [9.17, 15) is 4.79 Å². The molecule has 140 valence electrons. The third kappa shape index (κ3) is 3.28. The number of para-hydroxylation sites is 1. The molecule has 2 aromatic heterocycles. The van der Waals surface area contributed by atoms with Gasteiger partial charge in [0.2, 0.25) is 5.82 Å². The molecule has 0 aliphatic carbocycles. The fourth-order valence-corrected chi connectivity index (χ4v) is 3.23. The molecule has 3 heterocycles. The number of imidazole rings is 1. The Morgan fingerprint density at radius 2 is 2.11 bits per heavy atom. The summed E-state index contributed by atoms with van der Waals surface area (Å²) >= 11 is 0. The highest BCUT2D eigenvalue weighted by Crippen LogP contribution is 2.31. The van der Waals surface area contributed by atoms with E-state index in [4.69, 9.17) is 14.0 Å². The molecule has 0 saturated heterocycles. The van der Waals surface area contributed by atoms with E-state index in [1.807, 2.05) is 24.3 Å². The van der Waals surface area contributed by atoms with Gasteiger partial charge in [-0.3, -0.25) is 4.79 Å². The predicted octanol–water partition coefficient (Wildman–Crippen LogP) is 1.68. The lowest BCUT2D eigenvalue weighted by molar-refractivity contribution is 0.0950. The van der Waals surface area contributed by atoms with Gasteiger partial charge in [-0.05, 0) is 18.1 Å². The molecular formula is C18H19N5O4. The summed E-state index contributed by atoms with van der Waals surface area (Å²) in [6.45, 7) is 0.711. The molecule has 4 rings (SSSR count). The molecule has 0 bridgehead atoms. The highest BCUT2D eigenvalue weighted by atomic mass is 16.5. The number of carbonyl (C=O) groups is 1. The van der Waals surface area contributed by atoms with E-state index < -0.39 is 0 Å². The first kappa shape index (κ1) is 17.2. The van der Waals surface area contributed by atoms with Crippen LogP contribution in [0.2, 0.25) is 0 Å². The molecule has 0 radical (unpaired) electrons. The van der Waals surface area contributed by atoms with Gasteiger partial charge in [-0.15, -0.1) is 0 Å². The van der Waals surface area contributed by atoms with Crippen LogP contribution in [0.4, 0.5) is 0 Å². The topological polar surface area (TPSA) is 115 Å². The molecule has 27 heavy (non-hydrogen) atoms. The largest absolute Gasteiger partial charge is 0.496 e. The number of hydrogen-bond acceptors (Lipinski definition) is 7. The van der Waals surface area contributed by atoms with E-state index in [0.717, 1.165) is 17.0 Å². The summed E-state index contributed by atoms with van der Waals surface area (Å²) in [5.74, 6) is 1.64. The van der Waals surface area contributed by atoms with Crippen LogP contribution in [0.15, 0.2) is 28.8 Å². The number of amides is 1. The minimum Gasteiger partial charge on any atom is -0.496 e. The lowest BCUT2D eigenvalue weighted by Gasteiger charge is -2.17. The number of aromatic nitrogens is 4. The minimum atomic E-state index is -0.231. The highest BCUT2D eigenvalue weighted by Gasteiger charge is 2.28. The number of carbonyl (C=O) groups excluding carboxylic acids is 1. The number of H-pyrrole nitrogens is 1. The Morgan fingerprint density at radius 3 is 2.93 bits per heavy atom. The van der Waals surface area contributed by atoms with Crippen LogP contribution in [0, 0.1) is 0 Å². The highest BCUT2D eigenvalue weighted by molar-refractivity contribution is 5.94. The summed E-state index contributed by atoms with van der Waals surface area (Å²) in [5, 5.41) is 6.82. The van der Waals surface area contributed by atoms with Crippen LogP contribution in [0.1, 0.15) is 33.6 Å². The molecule has 1 aromatic carbocycles. The first-order valence-corrected chi connectivity index (χ1v) is 8.51. The summed E-state index contributed by atoms with van der Waals surface area (Å²) in [6, 6.07) is 7.80. The summed E-state index contributed by atoms with van der Waals surface area (Å²) in [6.07, 6.45) is 0.601. The molecule has 1 atom stereocenters. The molecule has 1 aliphatic heterocycles. The van der Waals surface area contributed by atoms with Crippen LogP contribution < -0.4 is 10.1 Å². The lowest BCUT2D eigenvalue weighted by atomic mass is 9.93. The van der Waals surface area contributed by atoms with E-state index in [-0.39, 0.29) is 24.3 Å². The fraction of sp³-hybridized carbons (Fsp3) is 0.333. The Balaban J connectivity index is 1.66. The third-order valence-corrected chi connectivity index (χ3v) is 4.48. The van der Waals surface area contributed by atoms with Crippen LogP contribution in [0.5, 0.6) is 5.75 Å². The van der Waals surface area contributed by atoms with Crippen LogP contribution in [0.25, 0.3) is 11.6 Å². The summed E-state index contributed by atoms with van der Waals surface area (Å²) in [4.78, 5) is 24.3. The fourth-order valence-electron chi connectivity index (χ4n) is 3.23. The van der Waals surface area contributed by atoms with Crippen molar-refractivity contribution in [2.45, 2.75) is 18.9 Å². The van der Waals surface area contributed by atoms with Gasteiger partial charge in [0.1, 0.15) is 18.1 Å². The zero-order chi connectivity index (χ0) is 18.8. The van der Waals surface area contributed by atoms with Crippen molar-refractivity contribution < 1.29 is 18.8 Å². The normalized spacial score (nSPS) is 16.5. The Kier molecular flexibility index (Phi) is 4.59. The number of fused-ring (bicyclic) bond motifs is 1. The molecule has 0 saturated carbocycles. The Bertz CT molecular complexity index is 964. The summed E-state index contributed by atoms with van der Waals surface area (Å²) < 4.78 is 15.5. The van der Waals surface area contributed by atoms with Gasteiger partial charge < -0.3 is 24.3 Å². The third-order valence-electron chi connectivity index (χ3n) is 4.48. The van der Waals surface area contributed by atoms with E-state index >= 15 is 0 Å². The average molecular weight is 369 g/mol. The molecule has 3 aromatic rings. The van der Waals surface area contributed by atoms with Crippen molar-refractivity contribution in [3.8, 4) is 17.4 Å². The van der Waals surface area contributed by atoms with Crippen molar-refractivity contribution in [1.82, 2.24) is 25.4 Å². The number of nitrogens with one attached hydrogen (secondary N) is 2. The zero-order valence-corrected chi connectivity index (χ0v) is 15.0. The lowest BCUT2D eigenvalue weighted by Crippen LogP contribution is -2.26. The van der Waals surface area contributed by atoms with Crippen molar-refractivity contribution in [2.75, 3.05) is 20.8 Å². The maximum Gasteiger partial charge on any atom is 0.271 e. The van der Waals surface area contributed by atoms with Crippen molar-refractivity contribution in [3.05, 3.63) is 47.1 Å². The first-order chi connectivity index (χ1) is 13.2. The Morgan fingerprint density at radius 1 is 1.26 bits per heavy atom. The second-order valence-corrected chi connectivity index (χ2v) is 6.21. The predicted molar refractivity (Wildman–Crippen MR) is 94.4 cm³/mol. The molecular weight excluding hydrogens is 350 g/mol. The number of nitrogens with zero attached hydrogens (tertiary/aromatic N) is 3. The van der Waals surface area contributed by atoms with Crippen molar-refractivity contribution in [3.63, 3.8) is 0 Å². The van der Waals surface area contributed by atoms with E-state index in [1.54, 1.807) is 14.2 Å². The van der Waals surface area contributed by atoms with Gasteiger partial charge in [-0.1, -0.05) is 23.4 Å². The van der Waals surface area contributed by atoms with Crippen molar-refractivity contribution in [2.24, 2.45) is 0 Å². The van der Waals surface area contributed by atoms with Crippen LogP contribution in [0.3, 0.4) is 0 Å². The number of rotatable bonds is 5. The van der Waals surface area contributed by atoms with Gasteiger partial charge in [-0.25, -0.2) is 4.98 Å². The van der Waals surface area contributed by atoms with Gasteiger partial charge in [0.15, 0.2) is 5.82 Å². The van der Waals surface area contributed by atoms with Gasteiger partial charge in [0.05, 0.1) is 7.11 Å². The molecule has 1 amide bonds. The van der Waals surface area contributed by atoms with E-state index in [0.29, 0.717) is 30.4 Å². The van der Waals surface area contributed by atoms with Crippen LogP contribution in [-0.4, -0.2) is 46.8 Å². The maximum atomic E-state index is 12.5. The van der Waals surface area contributed by atoms with E-state index in [2.05, 4.69) is 25.4 Å². The number of ether oxygens (including phenoxy) is 2. The van der Waals surface area contributed by atoms with Gasteiger partial charge >= 0.3 is 0 Å². The molecule has 9 heteroatoms. The Labute approximate surface area is 155 Å². The van der Waals surface area contributed by atoms with E-state index in [1.165, 1.54) is 0 Å². The Hall–Kier alpha value is -3.20.